The van der Waals surface area contributed by atoms with Crippen molar-refractivity contribution in [2.75, 3.05) is 33.3 Å². The zero-order chi connectivity index (χ0) is 16.0. The first kappa shape index (κ1) is 16.8. The van der Waals surface area contributed by atoms with Gasteiger partial charge in [-0.2, -0.15) is 0 Å². The van der Waals surface area contributed by atoms with Gasteiger partial charge in [0.15, 0.2) is 0 Å². The molecule has 1 fully saturated rings. The quantitative estimate of drug-likeness (QED) is 0.870. The average Bonchev–Trinajstić information content (AvgIpc) is 2.60. The van der Waals surface area contributed by atoms with Gasteiger partial charge in [0.2, 0.25) is 0 Å². The molecular weight excluding hydrogens is 278 g/mol. The molecule has 0 saturated carbocycles. The van der Waals surface area contributed by atoms with Crippen LogP contribution < -0.4 is 11.1 Å². The van der Waals surface area contributed by atoms with Gasteiger partial charge in [-0.25, -0.2) is 4.79 Å². The number of nitrogens with two attached hydrogens (primary N) is 1. The Bertz CT molecular complexity index is 470. The highest BCUT2D eigenvalue weighted by atomic mass is 16.5. The lowest BCUT2D eigenvalue weighted by molar-refractivity contribution is 0.112. The zero-order valence-electron chi connectivity index (χ0n) is 13.5. The summed E-state index contributed by atoms with van der Waals surface area (Å²) >= 11 is 0. The molecular formula is C17H27N3O2. The lowest BCUT2D eigenvalue weighted by Crippen LogP contribution is -2.51. The summed E-state index contributed by atoms with van der Waals surface area (Å²) in [5.74, 6) is 0. The standard InChI is InChI=1S/C17H27N3O2/c1-14(22-2)12-19-16(21)20-10-8-17(13-18,9-11-20)15-6-4-3-5-7-15/h3-7,14H,8-13,18H2,1-2H3,(H,19,21)/t14-/m1/s1. The summed E-state index contributed by atoms with van der Waals surface area (Å²) in [6.45, 7) is 4.56. The van der Waals surface area contributed by atoms with E-state index in [-0.39, 0.29) is 17.6 Å². The SMILES string of the molecule is CO[C@H](C)CNC(=O)N1CCC(CN)(c2ccccc2)CC1. The molecule has 22 heavy (non-hydrogen) atoms. The molecule has 1 aromatic carbocycles. The number of piperidine rings is 1. The van der Waals surface area contributed by atoms with E-state index in [0.717, 1.165) is 25.9 Å². The Hall–Kier alpha value is -1.59. The molecule has 0 radical (unpaired) electrons. The number of urea groups is 1. The number of carbonyl (C=O) groups excluding carboxylic acids is 1. The normalized spacial score (nSPS) is 18.8. The first-order valence-electron chi connectivity index (χ1n) is 7.92. The first-order chi connectivity index (χ1) is 10.6. The molecule has 0 aliphatic carbocycles. The van der Waals surface area contributed by atoms with Crippen LogP contribution in [0.2, 0.25) is 0 Å². The maximum Gasteiger partial charge on any atom is 0.317 e. The molecule has 122 valence electrons. The molecule has 1 heterocycles. The van der Waals surface area contributed by atoms with Crippen LogP contribution in [0.1, 0.15) is 25.3 Å². The van der Waals surface area contributed by atoms with Crippen LogP contribution in [0.15, 0.2) is 30.3 Å². The summed E-state index contributed by atoms with van der Waals surface area (Å²) in [5.41, 5.74) is 7.35. The minimum absolute atomic E-state index is 0.00212. The maximum atomic E-state index is 12.2. The molecule has 5 nitrogen and oxygen atoms in total. The molecule has 2 amide bonds. The van der Waals surface area contributed by atoms with Crippen molar-refractivity contribution in [3.8, 4) is 0 Å². The van der Waals surface area contributed by atoms with Crippen molar-refractivity contribution in [3.05, 3.63) is 35.9 Å². The van der Waals surface area contributed by atoms with Crippen molar-refractivity contribution in [2.24, 2.45) is 5.73 Å². The van der Waals surface area contributed by atoms with E-state index < -0.39 is 0 Å². The first-order valence-corrected chi connectivity index (χ1v) is 7.92. The number of amides is 2. The molecule has 5 heteroatoms. The summed E-state index contributed by atoms with van der Waals surface area (Å²) in [6.07, 6.45) is 1.84. The number of carbonyl (C=O) groups is 1. The Balaban J connectivity index is 1.93. The predicted octanol–water partition coefficient (Wildman–Crippen LogP) is 1.72. The second kappa shape index (κ2) is 7.61. The number of methoxy groups -OCH3 is 1. The smallest absolute Gasteiger partial charge is 0.317 e. The fourth-order valence-corrected chi connectivity index (χ4v) is 2.97. The van der Waals surface area contributed by atoms with Gasteiger partial charge in [-0.3, -0.25) is 0 Å². The summed E-state index contributed by atoms with van der Waals surface area (Å²) in [5, 5.41) is 2.92. The van der Waals surface area contributed by atoms with E-state index in [4.69, 9.17) is 10.5 Å². The second-order valence-electron chi connectivity index (χ2n) is 6.07. The van der Waals surface area contributed by atoms with E-state index in [0.29, 0.717) is 13.1 Å². The number of likely N-dealkylation sites (tertiary alicyclic amines) is 1. The van der Waals surface area contributed by atoms with Crippen LogP contribution in [0.4, 0.5) is 4.79 Å². The van der Waals surface area contributed by atoms with Crippen molar-refractivity contribution < 1.29 is 9.53 Å². The van der Waals surface area contributed by atoms with Crippen LogP contribution in [0, 0.1) is 0 Å². The Kier molecular flexibility index (Phi) is 5.80. The topological polar surface area (TPSA) is 67.6 Å². The van der Waals surface area contributed by atoms with Crippen LogP contribution in [-0.2, 0) is 10.2 Å². The molecule has 1 saturated heterocycles. The summed E-state index contributed by atoms with van der Waals surface area (Å²) in [7, 11) is 1.65. The number of nitrogens with one attached hydrogen (secondary N) is 1. The number of rotatable bonds is 5. The lowest BCUT2D eigenvalue weighted by Gasteiger charge is -2.41. The number of ether oxygens (including phenoxy) is 1. The van der Waals surface area contributed by atoms with Gasteiger partial charge in [-0.1, -0.05) is 30.3 Å². The lowest BCUT2D eigenvalue weighted by atomic mass is 9.73. The van der Waals surface area contributed by atoms with Crippen LogP contribution >= 0.6 is 0 Å². The van der Waals surface area contributed by atoms with Gasteiger partial charge in [-0.15, -0.1) is 0 Å². The van der Waals surface area contributed by atoms with Gasteiger partial charge < -0.3 is 20.7 Å². The van der Waals surface area contributed by atoms with Gasteiger partial charge in [0.25, 0.3) is 0 Å². The Morgan fingerprint density at radius 2 is 2.00 bits per heavy atom. The third kappa shape index (κ3) is 3.78. The predicted molar refractivity (Wildman–Crippen MR) is 87.9 cm³/mol. The van der Waals surface area contributed by atoms with Gasteiger partial charge in [0, 0.05) is 38.7 Å². The summed E-state index contributed by atoms with van der Waals surface area (Å²) < 4.78 is 5.15. The van der Waals surface area contributed by atoms with E-state index in [9.17, 15) is 4.79 Å². The monoisotopic (exact) mass is 305 g/mol. The molecule has 0 unspecified atom stereocenters. The number of hydrogen-bond donors (Lipinski definition) is 2. The van der Waals surface area contributed by atoms with E-state index in [1.807, 2.05) is 17.9 Å². The van der Waals surface area contributed by atoms with Gasteiger partial charge in [-0.05, 0) is 25.3 Å². The maximum absolute atomic E-state index is 12.2. The second-order valence-corrected chi connectivity index (χ2v) is 6.07. The van der Waals surface area contributed by atoms with Gasteiger partial charge in [0.1, 0.15) is 0 Å². The largest absolute Gasteiger partial charge is 0.380 e. The van der Waals surface area contributed by atoms with Crippen LogP contribution in [-0.4, -0.2) is 50.3 Å². The van der Waals surface area contributed by atoms with Crippen LogP contribution in [0.25, 0.3) is 0 Å². The molecule has 2 rings (SSSR count). The van der Waals surface area contributed by atoms with Crippen LogP contribution in [0.5, 0.6) is 0 Å². The van der Waals surface area contributed by atoms with E-state index in [2.05, 4.69) is 29.6 Å². The highest BCUT2D eigenvalue weighted by molar-refractivity contribution is 5.74. The van der Waals surface area contributed by atoms with Crippen molar-refractivity contribution >= 4 is 6.03 Å². The molecule has 1 aliphatic heterocycles. The van der Waals surface area contributed by atoms with Crippen LogP contribution in [0.3, 0.4) is 0 Å². The molecule has 0 spiro atoms. The van der Waals surface area contributed by atoms with Crippen molar-refractivity contribution in [1.82, 2.24) is 10.2 Å². The molecule has 0 aromatic heterocycles. The van der Waals surface area contributed by atoms with E-state index in [1.165, 1.54) is 5.56 Å². The van der Waals surface area contributed by atoms with Gasteiger partial charge in [0.05, 0.1) is 6.10 Å². The third-order valence-electron chi connectivity index (χ3n) is 4.73. The van der Waals surface area contributed by atoms with E-state index >= 15 is 0 Å². The van der Waals surface area contributed by atoms with Crippen molar-refractivity contribution in [2.45, 2.75) is 31.3 Å². The highest BCUT2D eigenvalue weighted by Crippen LogP contribution is 2.34. The number of hydrogen-bond acceptors (Lipinski definition) is 3. The minimum Gasteiger partial charge on any atom is -0.380 e. The minimum atomic E-state index is -0.0115. The Morgan fingerprint density at radius 3 is 2.55 bits per heavy atom. The molecule has 3 N–H and O–H groups in total. The zero-order valence-corrected chi connectivity index (χ0v) is 13.5. The Labute approximate surface area is 132 Å². The van der Waals surface area contributed by atoms with Crippen molar-refractivity contribution in [3.63, 3.8) is 0 Å². The molecule has 0 bridgehead atoms. The Morgan fingerprint density at radius 1 is 1.36 bits per heavy atom. The fourth-order valence-electron chi connectivity index (χ4n) is 2.97. The number of benzene rings is 1. The van der Waals surface area contributed by atoms with Crippen molar-refractivity contribution in [1.29, 1.82) is 0 Å². The average molecular weight is 305 g/mol. The summed E-state index contributed by atoms with van der Waals surface area (Å²) in [6, 6.07) is 10.4. The fraction of sp³-hybridized carbons (Fsp3) is 0.588. The summed E-state index contributed by atoms with van der Waals surface area (Å²) in [4.78, 5) is 14.1. The molecule has 1 aromatic rings. The molecule has 1 aliphatic rings. The highest BCUT2D eigenvalue weighted by Gasteiger charge is 2.36. The van der Waals surface area contributed by atoms with E-state index in [1.54, 1.807) is 7.11 Å². The third-order valence-corrected chi connectivity index (χ3v) is 4.73. The van der Waals surface area contributed by atoms with Gasteiger partial charge >= 0.3 is 6.03 Å². The number of nitrogens with zero attached hydrogens (tertiary/aromatic N) is 1. The molecule has 1 atom stereocenters.